The van der Waals surface area contributed by atoms with Gasteiger partial charge in [0.25, 0.3) is 5.91 Å². The summed E-state index contributed by atoms with van der Waals surface area (Å²) in [4.78, 5) is 23.9. The molecular formula is C19H29N3O4S. The molecule has 1 aliphatic rings. The van der Waals surface area contributed by atoms with E-state index in [1.807, 2.05) is 0 Å². The summed E-state index contributed by atoms with van der Waals surface area (Å²) < 4.78 is 24.7. The highest BCUT2D eigenvalue weighted by atomic mass is 32.2. The maximum Gasteiger partial charge on any atom is 0.251 e. The highest BCUT2D eigenvalue weighted by molar-refractivity contribution is 7.92. The first-order valence-corrected chi connectivity index (χ1v) is 11.4. The number of hydrogen-bond donors (Lipinski definition) is 3. The predicted molar refractivity (Wildman–Crippen MR) is 106 cm³/mol. The summed E-state index contributed by atoms with van der Waals surface area (Å²) in [5, 5.41) is 5.57. The molecule has 150 valence electrons. The SMILES string of the molecule is CS(=O)(=O)Nc1ccc(C(=O)NCCNC(=O)CCC2CCCCC2)cc1. The van der Waals surface area contributed by atoms with Crippen molar-refractivity contribution >= 4 is 27.5 Å². The molecule has 27 heavy (non-hydrogen) atoms. The number of anilines is 1. The Bertz CT molecular complexity index is 726. The van der Waals surface area contributed by atoms with Crippen LogP contribution in [0.1, 0.15) is 55.3 Å². The van der Waals surface area contributed by atoms with Gasteiger partial charge in [0.05, 0.1) is 6.26 Å². The van der Waals surface area contributed by atoms with Crippen LogP contribution in [0.2, 0.25) is 0 Å². The molecule has 1 aromatic rings. The van der Waals surface area contributed by atoms with Crippen molar-refractivity contribution in [2.75, 3.05) is 24.1 Å². The fraction of sp³-hybridized carbons (Fsp3) is 0.579. The zero-order valence-electron chi connectivity index (χ0n) is 15.8. The van der Waals surface area contributed by atoms with Gasteiger partial charge in [-0.2, -0.15) is 0 Å². The molecule has 0 radical (unpaired) electrons. The van der Waals surface area contributed by atoms with E-state index in [0.29, 0.717) is 36.7 Å². The van der Waals surface area contributed by atoms with E-state index in [2.05, 4.69) is 15.4 Å². The molecule has 0 unspecified atom stereocenters. The number of nitrogens with one attached hydrogen (secondary N) is 3. The minimum Gasteiger partial charge on any atom is -0.354 e. The van der Waals surface area contributed by atoms with Crippen LogP contribution < -0.4 is 15.4 Å². The zero-order chi connectivity index (χ0) is 19.7. The first kappa shape index (κ1) is 21.2. The summed E-state index contributed by atoms with van der Waals surface area (Å²) in [6.45, 7) is 0.736. The van der Waals surface area contributed by atoms with Gasteiger partial charge in [-0.05, 0) is 36.6 Å². The summed E-state index contributed by atoms with van der Waals surface area (Å²) in [5.74, 6) is 0.452. The topological polar surface area (TPSA) is 104 Å². The van der Waals surface area contributed by atoms with Gasteiger partial charge in [0, 0.05) is 30.8 Å². The maximum absolute atomic E-state index is 12.1. The fourth-order valence-electron chi connectivity index (χ4n) is 3.28. The van der Waals surface area contributed by atoms with Gasteiger partial charge in [0.15, 0.2) is 0 Å². The summed E-state index contributed by atoms with van der Waals surface area (Å²) in [5.41, 5.74) is 0.831. The highest BCUT2D eigenvalue weighted by Crippen LogP contribution is 2.27. The smallest absolute Gasteiger partial charge is 0.251 e. The summed E-state index contributed by atoms with van der Waals surface area (Å²) in [7, 11) is -3.34. The van der Waals surface area contributed by atoms with Crippen LogP contribution in [0.5, 0.6) is 0 Å². The number of hydrogen-bond acceptors (Lipinski definition) is 4. The standard InChI is InChI=1S/C19H29N3O4S/c1-27(25,26)22-17-10-8-16(9-11-17)19(24)21-14-13-20-18(23)12-7-15-5-3-2-4-6-15/h8-11,15,22H,2-7,12-14H2,1H3,(H,20,23)(H,21,24). The second-order valence-corrected chi connectivity index (χ2v) is 8.85. The van der Waals surface area contributed by atoms with Crippen LogP contribution in [0.25, 0.3) is 0 Å². The minimum atomic E-state index is -3.34. The first-order valence-electron chi connectivity index (χ1n) is 9.46. The molecule has 1 aromatic carbocycles. The molecular weight excluding hydrogens is 366 g/mol. The maximum atomic E-state index is 12.1. The molecule has 1 fully saturated rings. The molecule has 2 rings (SSSR count). The Hall–Kier alpha value is -2.09. The van der Waals surface area contributed by atoms with Crippen molar-refractivity contribution in [1.82, 2.24) is 10.6 Å². The molecule has 7 nitrogen and oxygen atoms in total. The Labute approximate surface area is 161 Å². The number of sulfonamides is 1. The van der Waals surface area contributed by atoms with Crippen molar-refractivity contribution in [2.24, 2.45) is 5.92 Å². The molecule has 0 spiro atoms. The van der Waals surface area contributed by atoms with Crippen LogP contribution in [0.15, 0.2) is 24.3 Å². The Morgan fingerprint density at radius 2 is 1.63 bits per heavy atom. The molecule has 3 N–H and O–H groups in total. The average Bonchev–Trinajstić information content (AvgIpc) is 2.63. The summed E-state index contributed by atoms with van der Waals surface area (Å²) in [6.07, 6.45) is 8.92. The minimum absolute atomic E-state index is 0.0334. The van der Waals surface area contributed by atoms with Gasteiger partial charge < -0.3 is 10.6 Å². The van der Waals surface area contributed by atoms with Gasteiger partial charge in [0.2, 0.25) is 15.9 Å². The third kappa shape index (κ3) is 8.43. The van der Waals surface area contributed by atoms with E-state index in [9.17, 15) is 18.0 Å². The second kappa shape index (κ2) is 10.3. The Kier molecular flexibility index (Phi) is 8.09. The molecule has 8 heteroatoms. The van der Waals surface area contributed by atoms with Gasteiger partial charge in [-0.3, -0.25) is 14.3 Å². The molecule has 1 aliphatic carbocycles. The van der Waals surface area contributed by atoms with Crippen LogP contribution in [0.4, 0.5) is 5.69 Å². The molecule has 0 heterocycles. The third-order valence-electron chi connectivity index (χ3n) is 4.69. The molecule has 0 bridgehead atoms. The van der Waals surface area contributed by atoms with Gasteiger partial charge in [-0.1, -0.05) is 32.1 Å². The van der Waals surface area contributed by atoms with Crippen LogP contribution >= 0.6 is 0 Å². The number of rotatable bonds is 9. The normalized spacial score (nSPS) is 15.1. The lowest BCUT2D eigenvalue weighted by molar-refractivity contribution is -0.121. The Balaban J connectivity index is 1.63. The van der Waals surface area contributed by atoms with E-state index in [1.165, 1.54) is 44.2 Å². The van der Waals surface area contributed by atoms with Crippen LogP contribution in [-0.4, -0.2) is 39.6 Å². The van der Waals surface area contributed by atoms with E-state index in [1.54, 1.807) is 12.1 Å². The predicted octanol–water partition coefficient (Wildman–Crippen LogP) is 2.26. The van der Waals surface area contributed by atoms with Crippen molar-refractivity contribution in [3.8, 4) is 0 Å². The lowest BCUT2D eigenvalue weighted by atomic mass is 9.86. The van der Waals surface area contributed by atoms with Crippen molar-refractivity contribution in [1.29, 1.82) is 0 Å². The molecule has 0 saturated heterocycles. The van der Waals surface area contributed by atoms with Crippen LogP contribution in [-0.2, 0) is 14.8 Å². The van der Waals surface area contributed by atoms with Gasteiger partial charge in [-0.25, -0.2) is 8.42 Å². The quantitative estimate of drug-likeness (QED) is 0.558. The number of carbonyl (C=O) groups excluding carboxylic acids is 2. The number of benzene rings is 1. The number of carbonyl (C=O) groups is 2. The molecule has 0 aromatic heterocycles. The fourth-order valence-corrected chi connectivity index (χ4v) is 3.85. The summed E-state index contributed by atoms with van der Waals surface area (Å²) in [6, 6.07) is 6.16. The van der Waals surface area contributed by atoms with Crippen molar-refractivity contribution < 1.29 is 18.0 Å². The Morgan fingerprint density at radius 1 is 1.00 bits per heavy atom. The van der Waals surface area contributed by atoms with E-state index >= 15 is 0 Å². The highest BCUT2D eigenvalue weighted by Gasteiger charge is 2.14. The zero-order valence-corrected chi connectivity index (χ0v) is 16.6. The van der Waals surface area contributed by atoms with E-state index in [4.69, 9.17) is 0 Å². The van der Waals surface area contributed by atoms with Crippen LogP contribution in [0.3, 0.4) is 0 Å². The van der Waals surface area contributed by atoms with Gasteiger partial charge in [0.1, 0.15) is 0 Å². The van der Waals surface area contributed by atoms with Gasteiger partial charge in [-0.15, -0.1) is 0 Å². The average molecular weight is 396 g/mol. The number of amides is 2. The third-order valence-corrected chi connectivity index (χ3v) is 5.29. The monoisotopic (exact) mass is 395 g/mol. The van der Waals surface area contributed by atoms with Crippen molar-refractivity contribution in [2.45, 2.75) is 44.9 Å². The lowest BCUT2D eigenvalue weighted by Crippen LogP contribution is -2.34. The first-order chi connectivity index (χ1) is 12.8. The molecule has 0 atom stereocenters. The summed E-state index contributed by atoms with van der Waals surface area (Å²) >= 11 is 0. The van der Waals surface area contributed by atoms with E-state index in [0.717, 1.165) is 12.7 Å². The molecule has 2 amide bonds. The van der Waals surface area contributed by atoms with E-state index in [-0.39, 0.29) is 11.8 Å². The molecule has 1 saturated carbocycles. The Morgan fingerprint density at radius 3 is 2.26 bits per heavy atom. The molecule has 0 aliphatic heterocycles. The largest absolute Gasteiger partial charge is 0.354 e. The second-order valence-electron chi connectivity index (χ2n) is 7.10. The van der Waals surface area contributed by atoms with Gasteiger partial charge >= 0.3 is 0 Å². The van der Waals surface area contributed by atoms with Crippen molar-refractivity contribution in [3.63, 3.8) is 0 Å². The lowest BCUT2D eigenvalue weighted by Gasteiger charge is -2.20. The van der Waals surface area contributed by atoms with E-state index < -0.39 is 10.0 Å². The van der Waals surface area contributed by atoms with Crippen molar-refractivity contribution in [3.05, 3.63) is 29.8 Å². The van der Waals surface area contributed by atoms with Crippen LogP contribution in [0, 0.1) is 5.92 Å².